The van der Waals surface area contributed by atoms with Gasteiger partial charge in [-0.15, -0.1) is 0 Å². The maximum Gasteiger partial charge on any atom is 0.222 e. The van der Waals surface area contributed by atoms with Crippen LogP contribution in [-0.4, -0.2) is 47.1 Å². The summed E-state index contributed by atoms with van der Waals surface area (Å²) < 4.78 is 0. The Balaban J connectivity index is 1.73. The molecule has 2 rings (SSSR count). The molecule has 2 N–H and O–H groups in total. The third-order valence-electron chi connectivity index (χ3n) is 3.65. The largest absolute Gasteiger partial charge is 0.355 e. The average molecular weight is 263 g/mol. The van der Waals surface area contributed by atoms with Gasteiger partial charge in [-0.25, -0.2) is 9.97 Å². The Labute approximate surface area is 115 Å². The summed E-state index contributed by atoms with van der Waals surface area (Å²) in [5, 5.41) is 6.62. The second-order valence-electron chi connectivity index (χ2n) is 5.00. The van der Waals surface area contributed by atoms with E-state index in [2.05, 4.69) is 32.4 Å². The van der Waals surface area contributed by atoms with E-state index in [0.29, 0.717) is 12.0 Å². The van der Waals surface area contributed by atoms with Crippen LogP contribution in [-0.2, 0) is 6.54 Å². The molecule has 5 heteroatoms. The number of anilines is 1. The van der Waals surface area contributed by atoms with Gasteiger partial charge < -0.3 is 10.6 Å². The highest BCUT2D eigenvalue weighted by Crippen LogP contribution is 2.15. The van der Waals surface area contributed by atoms with Gasteiger partial charge in [-0.1, -0.05) is 6.92 Å². The third kappa shape index (κ3) is 4.14. The number of nitrogens with one attached hydrogen (secondary N) is 2. The van der Waals surface area contributed by atoms with Gasteiger partial charge in [0, 0.05) is 43.6 Å². The van der Waals surface area contributed by atoms with Gasteiger partial charge >= 0.3 is 0 Å². The van der Waals surface area contributed by atoms with Crippen LogP contribution in [0, 0.1) is 0 Å². The van der Waals surface area contributed by atoms with Crippen molar-refractivity contribution in [3.05, 3.63) is 18.0 Å². The molecule has 1 aromatic rings. The van der Waals surface area contributed by atoms with Crippen molar-refractivity contribution >= 4 is 5.95 Å². The zero-order chi connectivity index (χ0) is 13.5. The SMILES string of the molecule is CCNc1ncc(CNCC2CCCN2CC)cn1. The third-order valence-corrected chi connectivity index (χ3v) is 3.65. The first kappa shape index (κ1) is 14.2. The van der Waals surface area contributed by atoms with Crippen molar-refractivity contribution < 1.29 is 0 Å². The summed E-state index contributed by atoms with van der Waals surface area (Å²) >= 11 is 0. The Morgan fingerprint density at radius 3 is 2.79 bits per heavy atom. The Hall–Kier alpha value is -1.20. The lowest BCUT2D eigenvalue weighted by Gasteiger charge is -2.22. The number of likely N-dealkylation sites (N-methyl/N-ethyl adjacent to an activating group) is 1. The Kier molecular flexibility index (Phi) is 5.54. The molecule has 0 spiro atoms. The average Bonchev–Trinajstić information content (AvgIpc) is 2.88. The van der Waals surface area contributed by atoms with Crippen molar-refractivity contribution in [2.45, 2.75) is 39.3 Å². The fourth-order valence-electron chi connectivity index (χ4n) is 2.62. The van der Waals surface area contributed by atoms with Gasteiger partial charge in [-0.05, 0) is 32.9 Å². The Morgan fingerprint density at radius 1 is 1.32 bits per heavy atom. The lowest BCUT2D eigenvalue weighted by atomic mass is 10.2. The molecule has 0 aliphatic carbocycles. The van der Waals surface area contributed by atoms with Crippen molar-refractivity contribution in [2.75, 3.05) is 31.5 Å². The zero-order valence-electron chi connectivity index (χ0n) is 12.0. The van der Waals surface area contributed by atoms with E-state index in [-0.39, 0.29) is 0 Å². The van der Waals surface area contributed by atoms with Crippen LogP contribution in [0.5, 0.6) is 0 Å². The molecule has 0 bridgehead atoms. The minimum atomic E-state index is 0.701. The fraction of sp³-hybridized carbons (Fsp3) is 0.714. The summed E-state index contributed by atoms with van der Waals surface area (Å²) in [4.78, 5) is 11.1. The van der Waals surface area contributed by atoms with Gasteiger partial charge in [0.2, 0.25) is 5.95 Å². The van der Waals surface area contributed by atoms with Gasteiger partial charge in [-0.2, -0.15) is 0 Å². The lowest BCUT2D eigenvalue weighted by Crippen LogP contribution is -2.37. The van der Waals surface area contributed by atoms with Gasteiger partial charge in [0.25, 0.3) is 0 Å². The molecule has 1 fully saturated rings. The van der Waals surface area contributed by atoms with Crippen LogP contribution in [0.15, 0.2) is 12.4 Å². The summed E-state index contributed by atoms with van der Waals surface area (Å²) in [6, 6.07) is 0.701. The van der Waals surface area contributed by atoms with Gasteiger partial charge in [-0.3, -0.25) is 4.90 Å². The van der Waals surface area contributed by atoms with Gasteiger partial charge in [0.15, 0.2) is 0 Å². The Bertz CT molecular complexity index is 365. The van der Waals surface area contributed by atoms with Crippen molar-refractivity contribution in [3.8, 4) is 0 Å². The predicted octanol–water partition coefficient (Wildman–Crippen LogP) is 1.48. The second-order valence-corrected chi connectivity index (χ2v) is 5.00. The number of hydrogen-bond donors (Lipinski definition) is 2. The molecule has 5 nitrogen and oxygen atoms in total. The van der Waals surface area contributed by atoms with Crippen LogP contribution < -0.4 is 10.6 Å². The van der Waals surface area contributed by atoms with E-state index >= 15 is 0 Å². The first-order chi connectivity index (χ1) is 9.33. The minimum absolute atomic E-state index is 0.701. The molecule has 1 atom stereocenters. The van der Waals surface area contributed by atoms with E-state index in [1.165, 1.54) is 19.4 Å². The first-order valence-corrected chi connectivity index (χ1v) is 7.33. The molecule has 0 radical (unpaired) electrons. The molecule has 1 aromatic heterocycles. The van der Waals surface area contributed by atoms with Gasteiger partial charge in [0.05, 0.1) is 0 Å². The van der Waals surface area contributed by atoms with Crippen LogP contribution in [0.1, 0.15) is 32.3 Å². The highest BCUT2D eigenvalue weighted by atomic mass is 15.2. The number of aromatic nitrogens is 2. The smallest absolute Gasteiger partial charge is 0.222 e. The van der Waals surface area contributed by atoms with E-state index in [1.807, 2.05) is 19.3 Å². The summed E-state index contributed by atoms with van der Waals surface area (Å²) in [6.45, 7) is 9.46. The van der Waals surface area contributed by atoms with E-state index in [1.54, 1.807) is 0 Å². The normalized spacial score (nSPS) is 19.8. The lowest BCUT2D eigenvalue weighted by molar-refractivity contribution is 0.260. The molecule has 1 saturated heterocycles. The fourth-order valence-corrected chi connectivity index (χ4v) is 2.62. The number of hydrogen-bond acceptors (Lipinski definition) is 5. The van der Waals surface area contributed by atoms with Crippen LogP contribution in [0.3, 0.4) is 0 Å². The molecular formula is C14H25N5. The highest BCUT2D eigenvalue weighted by molar-refractivity contribution is 5.24. The molecule has 106 valence electrons. The standard InChI is InChI=1S/C14H25N5/c1-3-16-14-17-9-12(10-18-14)8-15-11-13-6-5-7-19(13)4-2/h9-10,13,15H,3-8,11H2,1-2H3,(H,16,17,18). The molecule has 1 aliphatic rings. The predicted molar refractivity (Wildman–Crippen MR) is 78.2 cm³/mol. The monoisotopic (exact) mass is 263 g/mol. The molecule has 19 heavy (non-hydrogen) atoms. The zero-order valence-corrected chi connectivity index (χ0v) is 12.0. The number of likely N-dealkylation sites (tertiary alicyclic amines) is 1. The number of rotatable bonds is 7. The van der Waals surface area contributed by atoms with Crippen molar-refractivity contribution in [1.29, 1.82) is 0 Å². The maximum atomic E-state index is 4.28. The molecular weight excluding hydrogens is 238 g/mol. The van der Waals surface area contributed by atoms with E-state index in [4.69, 9.17) is 0 Å². The minimum Gasteiger partial charge on any atom is -0.355 e. The molecule has 0 amide bonds. The Morgan fingerprint density at radius 2 is 2.11 bits per heavy atom. The van der Waals surface area contributed by atoms with Crippen LogP contribution >= 0.6 is 0 Å². The van der Waals surface area contributed by atoms with Gasteiger partial charge in [0.1, 0.15) is 0 Å². The van der Waals surface area contributed by atoms with Crippen LogP contribution in [0.2, 0.25) is 0 Å². The highest BCUT2D eigenvalue weighted by Gasteiger charge is 2.21. The number of nitrogens with zero attached hydrogens (tertiary/aromatic N) is 3. The molecule has 2 heterocycles. The van der Waals surface area contributed by atoms with E-state index in [0.717, 1.165) is 31.7 Å². The summed E-state index contributed by atoms with van der Waals surface area (Å²) in [5.41, 5.74) is 1.14. The van der Waals surface area contributed by atoms with Crippen LogP contribution in [0.4, 0.5) is 5.95 Å². The second kappa shape index (κ2) is 7.40. The summed E-state index contributed by atoms with van der Waals surface area (Å²) in [6.07, 6.45) is 6.44. The molecule has 1 unspecified atom stereocenters. The molecule has 0 saturated carbocycles. The maximum absolute atomic E-state index is 4.28. The summed E-state index contributed by atoms with van der Waals surface area (Å²) in [5.74, 6) is 0.708. The first-order valence-electron chi connectivity index (χ1n) is 7.33. The molecule has 0 aromatic carbocycles. The summed E-state index contributed by atoms with van der Waals surface area (Å²) in [7, 11) is 0. The topological polar surface area (TPSA) is 53.1 Å². The molecule has 1 aliphatic heterocycles. The van der Waals surface area contributed by atoms with Crippen molar-refractivity contribution in [2.24, 2.45) is 0 Å². The van der Waals surface area contributed by atoms with Crippen LogP contribution in [0.25, 0.3) is 0 Å². The van der Waals surface area contributed by atoms with E-state index < -0.39 is 0 Å². The van der Waals surface area contributed by atoms with Crippen molar-refractivity contribution in [1.82, 2.24) is 20.2 Å². The quantitative estimate of drug-likeness (QED) is 0.780. The van der Waals surface area contributed by atoms with Crippen molar-refractivity contribution in [3.63, 3.8) is 0 Å². The van der Waals surface area contributed by atoms with E-state index in [9.17, 15) is 0 Å².